The van der Waals surface area contributed by atoms with E-state index in [1.807, 2.05) is 0 Å². The second-order valence-electron chi connectivity index (χ2n) is 3.10. The van der Waals surface area contributed by atoms with E-state index in [-0.39, 0.29) is 29.9 Å². The van der Waals surface area contributed by atoms with Crippen molar-refractivity contribution in [3.63, 3.8) is 0 Å². The number of hydrogen-bond acceptors (Lipinski definition) is 6. The van der Waals surface area contributed by atoms with Crippen LogP contribution in [0.2, 0.25) is 5.28 Å². The number of sulfonamides is 1. The van der Waals surface area contributed by atoms with Crippen LogP contribution in [0.25, 0.3) is 0 Å². The van der Waals surface area contributed by atoms with Crippen LogP contribution in [0.5, 0.6) is 0 Å². The normalized spacial score (nSPS) is 11.4. The highest BCUT2D eigenvalue weighted by molar-refractivity contribution is 7.89. The SMILES string of the molecule is NC(=O)COCCNS(=O)(=O)c1cnc(Cl)nc1. The van der Waals surface area contributed by atoms with Gasteiger partial charge in [0.05, 0.1) is 19.0 Å². The van der Waals surface area contributed by atoms with E-state index in [9.17, 15) is 13.2 Å². The average molecular weight is 295 g/mol. The predicted octanol–water partition coefficient (Wildman–Crippen LogP) is -1.09. The molecule has 3 N–H and O–H groups in total. The molecule has 0 bridgehead atoms. The fourth-order valence-electron chi connectivity index (χ4n) is 0.944. The van der Waals surface area contributed by atoms with Crippen LogP contribution in [0.1, 0.15) is 0 Å². The summed E-state index contributed by atoms with van der Waals surface area (Å²) in [5.74, 6) is -0.621. The Bertz CT molecular complexity index is 504. The van der Waals surface area contributed by atoms with E-state index >= 15 is 0 Å². The topological polar surface area (TPSA) is 124 Å². The van der Waals surface area contributed by atoms with Crippen LogP contribution in [0.15, 0.2) is 17.3 Å². The molecule has 0 fully saturated rings. The summed E-state index contributed by atoms with van der Waals surface area (Å²) < 4.78 is 30.4. The van der Waals surface area contributed by atoms with Gasteiger partial charge in [-0.25, -0.2) is 23.1 Å². The number of nitrogens with one attached hydrogen (secondary N) is 1. The number of carbonyl (C=O) groups is 1. The molecule has 1 aromatic heterocycles. The molecule has 8 nitrogen and oxygen atoms in total. The molecule has 0 atom stereocenters. The molecule has 0 radical (unpaired) electrons. The maximum atomic E-state index is 11.7. The minimum Gasteiger partial charge on any atom is -0.370 e. The van der Waals surface area contributed by atoms with Crippen molar-refractivity contribution in [3.8, 4) is 0 Å². The summed E-state index contributed by atoms with van der Waals surface area (Å²) >= 11 is 5.44. The maximum absolute atomic E-state index is 11.7. The van der Waals surface area contributed by atoms with E-state index in [1.165, 1.54) is 0 Å². The highest BCUT2D eigenvalue weighted by atomic mass is 35.5. The zero-order valence-electron chi connectivity index (χ0n) is 9.17. The van der Waals surface area contributed by atoms with Crippen LogP contribution >= 0.6 is 11.6 Å². The Morgan fingerprint density at radius 2 is 2.06 bits per heavy atom. The van der Waals surface area contributed by atoms with E-state index < -0.39 is 15.9 Å². The van der Waals surface area contributed by atoms with Crippen LogP contribution in [-0.4, -0.2) is 44.1 Å². The van der Waals surface area contributed by atoms with E-state index in [2.05, 4.69) is 14.7 Å². The quantitative estimate of drug-likeness (QED) is 0.486. The molecule has 0 aliphatic carbocycles. The van der Waals surface area contributed by atoms with Gasteiger partial charge in [-0.2, -0.15) is 0 Å². The Labute approximate surface area is 109 Å². The van der Waals surface area contributed by atoms with Crippen LogP contribution in [0.3, 0.4) is 0 Å². The van der Waals surface area contributed by atoms with E-state index in [0.717, 1.165) is 12.4 Å². The van der Waals surface area contributed by atoms with Gasteiger partial charge in [0.15, 0.2) is 0 Å². The number of hydrogen-bond donors (Lipinski definition) is 2. The standard InChI is InChI=1S/C8H11ClN4O4S/c9-8-11-3-6(4-12-8)18(15,16)13-1-2-17-5-7(10)14/h3-4,13H,1-2,5H2,(H2,10,14). The van der Waals surface area contributed by atoms with Crippen LogP contribution in [0, 0.1) is 0 Å². The monoisotopic (exact) mass is 294 g/mol. The number of carbonyl (C=O) groups excluding carboxylic acids is 1. The van der Waals surface area contributed by atoms with Gasteiger partial charge >= 0.3 is 0 Å². The molecule has 10 heteroatoms. The van der Waals surface area contributed by atoms with E-state index in [4.69, 9.17) is 22.1 Å². The molecule has 0 saturated heterocycles. The third kappa shape index (κ3) is 4.92. The number of ether oxygens (including phenoxy) is 1. The second-order valence-corrected chi connectivity index (χ2v) is 5.21. The zero-order chi connectivity index (χ0) is 13.6. The summed E-state index contributed by atoms with van der Waals surface area (Å²) in [6.45, 7) is -0.235. The molecule has 0 aromatic carbocycles. The van der Waals surface area contributed by atoms with Crippen molar-refractivity contribution < 1.29 is 17.9 Å². The molecule has 1 rings (SSSR count). The number of rotatable bonds is 7. The van der Waals surface area contributed by atoms with Crippen molar-refractivity contribution in [2.24, 2.45) is 5.73 Å². The molecule has 0 saturated carbocycles. The summed E-state index contributed by atoms with van der Waals surface area (Å²) in [6.07, 6.45) is 2.17. The fourth-order valence-corrected chi connectivity index (χ4v) is 1.94. The molecule has 1 aromatic rings. The van der Waals surface area contributed by atoms with E-state index in [0.29, 0.717) is 0 Å². The van der Waals surface area contributed by atoms with Crippen LogP contribution in [-0.2, 0) is 19.6 Å². The van der Waals surface area contributed by atoms with Gasteiger partial charge in [0.1, 0.15) is 11.5 Å². The largest absolute Gasteiger partial charge is 0.370 e. The zero-order valence-corrected chi connectivity index (χ0v) is 10.7. The lowest BCUT2D eigenvalue weighted by atomic mass is 10.6. The second kappa shape index (κ2) is 6.59. The Morgan fingerprint density at radius 3 is 2.61 bits per heavy atom. The summed E-state index contributed by atoms with van der Waals surface area (Å²) in [5, 5.41) is -0.0428. The number of halogens is 1. The Balaban J connectivity index is 2.45. The summed E-state index contributed by atoms with van der Waals surface area (Å²) in [5.41, 5.74) is 4.83. The van der Waals surface area contributed by atoms with Crippen molar-refractivity contribution in [2.45, 2.75) is 4.90 Å². The smallest absolute Gasteiger partial charge is 0.243 e. The van der Waals surface area contributed by atoms with Gasteiger partial charge in [-0.1, -0.05) is 0 Å². The molecule has 0 aliphatic heterocycles. The van der Waals surface area contributed by atoms with Crippen molar-refractivity contribution >= 4 is 27.5 Å². The molecule has 18 heavy (non-hydrogen) atoms. The first-order valence-electron chi connectivity index (χ1n) is 4.75. The fraction of sp³-hybridized carbons (Fsp3) is 0.375. The van der Waals surface area contributed by atoms with Crippen molar-refractivity contribution in [1.29, 1.82) is 0 Å². The van der Waals surface area contributed by atoms with Gasteiger partial charge in [-0.05, 0) is 11.6 Å². The summed E-state index contributed by atoms with van der Waals surface area (Å²) in [4.78, 5) is 17.3. The lowest BCUT2D eigenvalue weighted by molar-refractivity contribution is -0.122. The summed E-state index contributed by atoms with van der Waals surface area (Å²) in [6, 6.07) is 0. The van der Waals surface area contributed by atoms with Gasteiger partial charge in [-0.15, -0.1) is 0 Å². The van der Waals surface area contributed by atoms with Gasteiger partial charge in [0.25, 0.3) is 0 Å². The molecule has 1 amide bonds. The Hall–Kier alpha value is -1.29. The number of nitrogens with zero attached hydrogens (tertiary/aromatic N) is 2. The minimum atomic E-state index is -3.71. The van der Waals surface area contributed by atoms with Gasteiger partial charge in [-0.3, -0.25) is 4.79 Å². The third-order valence-corrected chi connectivity index (χ3v) is 3.30. The maximum Gasteiger partial charge on any atom is 0.243 e. The van der Waals surface area contributed by atoms with Gasteiger partial charge < -0.3 is 10.5 Å². The number of nitrogens with two attached hydrogens (primary N) is 1. The van der Waals surface area contributed by atoms with Crippen molar-refractivity contribution in [3.05, 3.63) is 17.7 Å². The number of primary amides is 1. The molecular weight excluding hydrogens is 284 g/mol. The van der Waals surface area contributed by atoms with Crippen LogP contribution < -0.4 is 10.5 Å². The lowest BCUT2D eigenvalue weighted by Gasteiger charge is -2.06. The molecule has 0 unspecified atom stereocenters. The predicted molar refractivity (Wildman–Crippen MR) is 62.2 cm³/mol. The Morgan fingerprint density at radius 1 is 1.44 bits per heavy atom. The average Bonchev–Trinajstić information content (AvgIpc) is 2.28. The first-order chi connectivity index (χ1) is 8.42. The third-order valence-electron chi connectivity index (χ3n) is 1.69. The molecule has 0 aliphatic rings. The molecule has 0 spiro atoms. The molecular formula is C8H11ClN4O4S. The Kier molecular flexibility index (Phi) is 5.41. The van der Waals surface area contributed by atoms with Gasteiger partial charge in [0.2, 0.25) is 21.2 Å². The van der Waals surface area contributed by atoms with Gasteiger partial charge in [0, 0.05) is 6.54 Å². The first kappa shape index (κ1) is 14.8. The highest BCUT2D eigenvalue weighted by Crippen LogP contribution is 2.06. The summed E-state index contributed by atoms with van der Waals surface area (Å²) in [7, 11) is -3.71. The van der Waals surface area contributed by atoms with E-state index in [1.54, 1.807) is 0 Å². The first-order valence-corrected chi connectivity index (χ1v) is 6.61. The number of amides is 1. The highest BCUT2D eigenvalue weighted by Gasteiger charge is 2.14. The molecule has 100 valence electrons. The number of aromatic nitrogens is 2. The van der Waals surface area contributed by atoms with Crippen molar-refractivity contribution in [2.75, 3.05) is 19.8 Å². The van der Waals surface area contributed by atoms with Crippen molar-refractivity contribution in [1.82, 2.24) is 14.7 Å². The van der Waals surface area contributed by atoms with Crippen LogP contribution in [0.4, 0.5) is 0 Å². The minimum absolute atomic E-state index is 0.00175. The lowest BCUT2D eigenvalue weighted by Crippen LogP contribution is -2.29. The molecule has 1 heterocycles.